The van der Waals surface area contributed by atoms with Crippen LogP contribution in [0.1, 0.15) is 5.56 Å². The maximum absolute atomic E-state index is 10.6. The van der Waals surface area contributed by atoms with Gasteiger partial charge in [0.15, 0.2) is 6.10 Å². The monoisotopic (exact) mass is 334 g/mol. The van der Waals surface area contributed by atoms with Gasteiger partial charge in [0.25, 0.3) is 0 Å². The number of ether oxygens (including phenoxy) is 2. The van der Waals surface area contributed by atoms with Crippen LogP contribution in [-0.2, 0) is 11.2 Å². The fourth-order valence-electron chi connectivity index (χ4n) is 1.92. The average molecular weight is 334 g/mol. The largest absolute Gasteiger partial charge is 0.490 e. The van der Waals surface area contributed by atoms with Crippen molar-refractivity contribution in [3.8, 4) is 11.5 Å². The van der Waals surface area contributed by atoms with Crippen molar-refractivity contribution in [1.29, 1.82) is 0 Å². The van der Waals surface area contributed by atoms with Crippen molar-refractivity contribution in [1.82, 2.24) is 0 Å². The highest BCUT2D eigenvalue weighted by Crippen LogP contribution is 2.16. The minimum atomic E-state index is -1.39. The molecule has 2 aromatic rings. The topological polar surface area (TPSA) is 76.0 Å². The Labute approximate surface area is 139 Å². The summed E-state index contributed by atoms with van der Waals surface area (Å²) in [5.41, 5.74) is 0.731. The molecule has 2 N–H and O–H groups in total. The van der Waals surface area contributed by atoms with Gasteiger partial charge in [0.2, 0.25) is 0 Å². The van der Waals surface area contributed by atoms with Gasteiger partial charge in [0.05, 0.1) is 0 Å². The van der Waals surface area contributed by atoms with Crippen molar-refractivity contribution >= 4 is 18.6 Å². The summed E-state index contributed by atoms with van der Waals surface area (Å²) in [4.78, 5) is 11.4. The molecule has 2 aromatic carbocycles. The minimum Gasteiger partial charge on any atom is -0.490 e. The lowest BCUT2D eigenvalue weighted by molar-refractivity contribution is -0.146. The van der Waals surface area contributed by atoms with E-state index in [0.717, 1.165) is 16.2 Å². The maximum Gasteiger partial charge on any atom is 0.332 e. The Bertz CT molecular complexity index is 642. The van der Waals surface area contributed by atoms with Crippen LogP contribution in [0.15, 0.2) is 53.4 Å². The molecule has 5 nitrogen and oxygen atoms in total. The van der Waals surface area contributed by atoms with Crippen LogP contribution >= 0.6 is 12.6 Å². The molecule has 2 rings (SSSR count). The second kappa shape index (κ2) is 8.45. The van der Waals surface area contributed by atoms with E-state index in [0.29, 0.717) is 19.0 Å². The van der Waals surface area contributed by atoms with E-state index >= 15 is 0 Å². The van der Waals surface area contributed by atoms with Crippen LogP contribution in [0, 0.1) is 0 Å². The number of rotatable bonds is 8. The van der Waals surface area contributed by atoms with E-state index in [1.54, 1.807) is 24.3 Å². The fraction of sp³-hybridized carbons (Fsp3) is 0.235. The highest BCUT2D eigenvalue weighted by atomic mass is 32.1. The Morgan fingerprint density at radius 3 is 2.30 bits per heavy atom. The molecule has 0 radical (unpaired) electrons. The summed E-state index contributed by atoms with van der Waals surface area (Å²) in [6.45, 7) is 0.782. The van der Waals surface area contributed by atoms with E-state index in [1.807, 2.05) is 24.3 Å². The van der Waals surface area contributed by atoms with Crippen molar-refractivity contribution in [3.05, 3.63) is 54.1 Å². The van der Waals surface area contributed by atoms with Crippen molar-refractivity contribution < 1.29 is 24.5 Å². The number of hydrogen-bond donors (Lipinski definition) is 3. The highest BCUT2D eigenvalue weighted by molar-refractivity contribution is 7.80. The van der Waals surface area contributed by atoms with Gasteiger partial charge in [-0.1, -0.05) is 18.2 Å². The quantitative estimate of drug-likeness (QED) is 0.511. The Morgan fingerprint density at radius 2 is 1.70 bits per heavy atom. The van der Waals surface area contributed by atoms with Gasteiger partial charge >= 0.3 is 5.97 Å². The Kier molecular flexibility index (Phi) is 6.31. The molecular weight excluding hydrogens is 316 g/mol. The number of carbonyl (C=O) groups is 1. The lowest BCUT2D eigenvalue weighted by Crippen LogP contribution is -2.21. The number of hydrogen-bond acceptors (Lipinski definition) is 5. The summed E-state index contributed by atoms with van der Waals surface area (Å²) in [6, 6.07) is 14.3. The molecule has 0 aliphatic carbocycles. The smallest absolute Gasteiger partial charge is 0.332 e. The lowest BCUT2D eigenvalue weighted by atomic mass is 10.1. The molecule has 0 saturated carbocycles. The van der Waals surface area contributed by atoms with Crippen LogP contribution in [0.2, 0.25) is 0 Å². The highest BCUT2D eigenvalue weighted by Gasteiger charge is 2.13. The van der Waals surface area contributed by atoms with Gasteiger partial charge in [-0.05, 0) is 35.9 Å². The van der Waals surface area contributed by atoms with Crippen LogP contribution in [-0.4, -0.2) is 35.5 Å². The van der Waals surface area contributed by atoms with Crippen LogP contribution in [0.25, 0.3) is 0 Å². The van der Waals surface area contributed by atoms with Crippen LogP contribution < -0.4 is 9.47 Å². The van der Waals surface area contributed by atoms with Gasteiger partial charge in [-0.2, -0.15) is 0 Å². The standard InChI is InChI=1S/C17H18O5S/c18-16(17(19)20)10-12-4-6-13(7-5-12)21-8-9-22-14-2-1-3-15(23)11-14/h1-7,11,16,18,23H,8-10H2,(H,19,20). The van der Waals surface area contributed by atoms with Gasteiger partial charge in [-0.15, -0.1) is 12.6 Å². The predicted octanol–water partition coefficient (Wildman–Crippen LogP) is 2.42. The molecule has 0 aliphatic rings. The second-order valence-corrected chi connectivity index (χ2v) is 5.41. The van der Waals surface area contributed by atoms with E-state index in [4.69, 9.17) is 14.6 Å². The zero-order valence-corrected chi connectivity index (χ0v) is 13.3. The Balaban J connectivity index is 1.75. The van der Waals surface area contributed by atoms with Crippen LogP contribution in [0.3, 0.4) is 0 Å². The molecule has 0 saturated heterocycles. The summed E-state index contributed by atoms with van der Waals surface area (Å²) in [7, 11) is 0. The van der Waals surface area contributed by atoms with Crippen molar-refractivity contribution in [2.75, 3.05) is 13.2 Å². The molecule has 6 heteroatoms. The zero-order valence-electron chi connectivity index (χ0n) is 12.4. The lowest BCUT2D eigenvalue weighted by Gasteiger charge is -2.10. The molecule has 0 amide bonds. The van der Waals surface area contributed by atoms with Crippen molar-refractivity contribution in [2.24, 2.45) is 0 Å². The van der Waals surface area contributed by atoms with E-state index in [9.17, 15) is 9.90 Å². The first-order valence-electron chi connectivity index (χ1n) is 7.09. The normalized spacial score (nSPS) is 11.7. The molecule has 0 spiro atoms. The summed E-state index contributed by atoms with van der Waals surface area (Å²) in [5, 5.41) is 18.0. The molecule has 0 bridgehead atoms. The first kappa shape index (κ1) is 17.2. The number of benzene rings is 2. The molecule has 0 aromatic heterocycles. The molecule has 122 valence electrons. The maximum atomic E-state index is 10.6. The summed E-state index contributed by atoms with van der Waals surface area (Å²) in [6.07, 6.45) is -1.32. The van der Waals surface area contributed by atoms with Crippen LogP contribution in [0.4, 0.5) is 0 Å². The Hall–Kier alpha value is -2.18. The fourth-order valence-corrected chi connectivity index (χ4v) is 2.14. The van der Waals surface area contributed by atoms with Gasteiger partial charge < -0.3 is 19.7 Å². The number of carboxylic acid groups (broad SMARTS) is 1. The van der Waals surface area contributed by atoms with E-state index < -0.39 is 12.1 Å². The minimum absolute atomic E-state index is 0.0682. The molecule has 0 aliphatic heterocycles. The number of carboxylic acids is 1. The number of aliphatic hydroxyl groups is 1. The Morgan fingerprint density at radius 1 is 1.04 bits per heavy atom. The number of thiol groups is 1. The molecule has 0 heterocycles. The van der Waals surface area contributed by atoms with Gasteiger partial charge in [0.1, 0.15) is 24.7 Å². The summed E-state index contributed by atoms with van der Waals surface area (Å²) >= 11 is 4.24. The molecule has 1 atom stereocenters. The predicted molar refractivity (Wildman–Crippen MR) is 88.5 cm³/mol. The molecule has 1 unspecified atom stereocenters. The third-order valence-corrected chi connectivity index (χ3v) is 3.35. The SMILES string of the molecule is O=C(O)C(O)Cc1ccc(OCCOc2cccc(S)c2)cc1. The summed E-state index contributed by atoms with van der Waals surface area (Å²) in [5.74, 6) is 0.164. The van der Waals surface area contributed by atoms with Crippen molar-refractivity contribution in [3.63, 3.8) is 0 Å². The third-order valence-electron chi connectivity index (χ3n) is 3.08. The first-order valence-corrected chi connectivity index (χ1v) is 7.54. The van der Waals surface area contributed by atoms with Gasteiger partial charge in [0, 0.05) is 11.3 Å². The first-order chi connectivity index (χ1) is 11.0. The van der Waals surface area contributed by atoms with Gasteiger partial charge in [-0.3, -0.25) is 0 Å². The second-order valence-electron chi connectivity index (χ2n) is 4.90. The average Bonchev–Trinajstić information content (AvgIpc) is 2.53. The molecule has 23 heavy (non-hydrogen) atoms. The third kappa shape index (κ3) is 5.84. The van der Waals surface area contributed by atoms with Gasteiger partial charge in [-0.25, -0.2) is 4.79 Å². The van der Waals surface area contributed by atoms with E-state index in [2.05, 4.69) is 12.6 Å². The van der Waals surface area contributed by atoms with E-state index in [1.165, 1.54) is 0 Å². The van der Waals surface area contributed by atoms with E-state index in [-0.39, 0.29) is 6.42 Å². The molecular formula is C17H18O5S. The number of aliphatic carboxylic acids is 1. The summed E-state index contributed by atoms with van der Waals surface area (Å²) < 4.78 is 11.1. The van der Waals surface area contributed by atoms with Crippen molar-refractivity contribution in [2.45, 2.75) is 17.4 Å². The molecule has 0 fully saturated rings. The number of aliphatic hydroxyl groups excluding tert-OH is 1. The zero-order chi connectivity index (χ0) is 16.7. The van der Waals surface area contributed by atoms with Crippen LogP contribution in [0.5, 0.6) is 11.5 Å².